The third-order valence-corrected chi connectivity index (χ3v) is 4.96. The third-order valence-electron chi connectivity index (χ3n) is 4.96. The molecule has 0 aromatic heterocycles. The minimum absolute atomic E-state index is 0.0463. The first kappa shape index (κ1) is 14.6. The number of carbonyl (C=O) groups is 2. The van der Waals surface area contributed by atoms with Gasteiger partial charge in [-0.25, -0.2) is 4.79 Å². The molecule has 1 spiro atoms. The molecular weight excluding hydrogens is 270 g/mol. The number of nitrogens with zero attached hydrogens (tertiary/aromatic N) is 2. The number of likely N-dealkylation sites (tertiary alicyclic amines) is 1. The highest BCUT2D eigenvalue weighted by Gasteiger charge is 2.44. The molecule has 0 aromatic carbocycles. The molecule has 21 heavy (non-hydrogen) atoms. The summed E-state index contributed by atoms with van der Waals surface area (Å²) in [6.45, 7) is 6.61. The fourth-order valence-electron chi connectivity index (χ4n) is 3.48. The Balaban J connectivity index is 1.55. The van der Waals surface area contributed by atoms with Gasteiger partial charge >= 0.3 is 6.03 Å². The molecule has 2 aliphatic heterocycles. The monoisotopic (exact) mass is 295 g/mol. The van der Waals surface area contributed by atoms with Crippen LogP contribution < -0.4 is 5.32 Å². The van der Waals surface area contributed by atoms with Crippen LogP contribution in [0, 0.1) is 0 Å². The predicted octanol–water partition coefficient (Wildman–Crippen LogP) is 0.960. The van der Waals surface area contributed by atoms with Gasteiger partial charge < -0.3 is 19.9 Å². The highest BCUT2D eigenvalue weighted by Crippen LogP contribution is 2.38. The number of morpholine rings is 1. The summed E-state index contributed by atoms with van der Waals surface area (Å²) >= 11 is 0. The van der Waals surface area contributed by atoms with Crippen LogP contribution in [0.25, 0.3) is 0 Å². The van der Waals surface area contributed by atoms with Crippen LogP contribution in [-0.4, -0.2) is 65.7 Å². The van der Waals surface area contributed by atoms with Crippen molar-refractivity contribution >= 4 is 11.9 Å². The van der Waals surface area contributed by atoms with Gasteiger partial charge in [-0.2, -0.15) is 0 Å². The van der Waals surface area contributed by atoms with Crippen molar-refractivity contribution < 1.29 is 14.3 Å². The van der Waals surface area contributed by atoms with E-state index < -0.39 is 0 Å². The summed E-state index contributed by atoms with van der Waals surface area (Å²) in [6, 6.07) is -0.283. The van der Waals surface area contributed by atoms with Crippen molar-refractivity contribution in [1.82, 2.24) is 15.1 Å². The SMILES string of the molecule is CC(C)N1CCC(NC(=O)N2CCOC3(CCC3)C2)C1=O. The molecule has 1 atom stereocenters. The summed E-state index contributed by atoms with van der Waals surface area (Å²) in [5, 5.41) is 2.91. The Hall–Kier alpha value is -1.30. The minimum Gasteiger partial charge on any atom is -0.371 e. The number of hydrogen-bond donors (Lipinski definition) is 1. The van der Waals surface area contributed by atoms with Gasteiger partial charge in [0.25, 0.3) is 0 Å². The van der Waals surface area contributed by atoms with Gasteiger partial charge in [0.05, 0.1) is 18.8 Å². The molecule has 0 radical (unpaired) electrons. The van der Waals surface area contributed by atoms with Gasteiger partial charge in [-0.15, -0.1) is 0 Å². The Morgan fingerprint density at radius 1 is 1.38 bits per heavy atom. The normalized spacial score (nSPS) is 28.1. The summed E-state index contributed by atoms with van der Waals surface area (Å²) in [5.74, 6) is 0.0463. The second kappa shape index (κ2) is 5.48. The van der Waals surface area contributed by atoms with Crippen molar-refractivity contribution in [3.05, 3.63) is 0 Å². The molecule has 118 valence electrons. The first-order valence-corrected chi connectivity index (χ1v) is 8.01. The Kier molecular flexibility index (Phi) is 3.82. The molecule has 1 aliphatic carbocycles. The molecule has 1 unspecified atom stereocenters. The number of urea groups is 1. The van der Waals surface area contributed by atoms with Crippen LogP contribution in [0.15, 0.2) is 0 Å². The van der Waals surface area contributed by atoms with Crippen LogP contribution >= 0.6 is 0 Å². The summed E-state index contributed by atoms with van der Waals surface area (Å²) in [6.07, 6.45) is 3.97. The Morgan fingerprint density at radius 3 is 2.71 bits per heavy atom. The van der Waals surface area contributed by atoms with Gasteiger partial charge in [-0.3, -0.25) is 4.79 Å². The quantitative estimate of drug-likeness (QED) is 0.825. The van der Waals surface area contributed by atoms with E-state index in [2.05, 4.69) is 5.32 Å². The van der Waals surface area contributed by atoms with E-state index in [4.69, 9.17) is 4.74 Å². The van der Waals surface area contributed by atoms with E-state index in [0.717, 1.165) is 19.4 Å². The van der Waals surface area contributed by atoms with E-state index >= 15 is 0 Å². The fourth-order valence-corrected chi connectivity index (χ4v) is 3.48. The van der Waals surface area contributed by atoms with Crippen LogP contribution in [0.4, 0.5) is 4.79 Å². The van der Waals surface area contributed by atoms with Crippen molar-refractivity contribution in [2.45, 2.75) is 57.2 Å². The highest BCUT2D eigenvalue weighted by atomic mass is 16.5. The molecule has 2 saturated heterocycles. The molecule has 1 N–H and O–H groups in total. The van der Waals surface area contributed by atoms with Gasteiger partial charge in [0.2, 0.25) is 5.91 Å². The first-order valence-electron chi connectivity index (χ1n) is 8.01. The minimum atomic E-state index is -0.361. The van der Waals surface area contributed by atoms with Crippen molar-refractivity contribution in [3.8, 4) is 0 Å². The van der Waals surface area contributed by atoms with E-state index in [1.54, 1.807) is 0 Å². The molecule has 1 saturated carbocycles. The third kappa shape index (κ3) is 2.73. The first-order chi connectivity index (χ1) is 10.0. The fraction of sp³-hybridized carbons (Fsp3) is 0.867. The summed E-state index contributed by atoms with van der Waals surface area (Å²) in [7, 11) is 0. The lowest BCUT2D eigenvalue weighted by atomic mass is 9.79. The van der Waals surface area contributed by atoms with E-state index in [0.29, 0.717) is 26.1 Å². The van der Waals surface area contributed by atoms with E-state index in [1.807, 2.05) is 23.6 Å². The van der Waals surface area contributed by atoms with Crippen molar-refractivity contribution in [1.29, 1.82) is 0 Å². The maximum absolute atomic E-state index is 12.4. The number of amides is 3. The number of hydrogen-bond acceptors (Lipinski definition) is 3. The summed E-state index contributed by atoms with van der Waals surface area (Å²) in [5.41, 5.74) is -0.0980. The largest absolute Gasteiger partial charge is 0.371 e. The van der Waals surface area contributed by atoms with Gasteiger partial charge in [-0.05, 0) is 39.5 Å². The molecule has 3 fully saturated rings. The van der Waals surface area contributed by atoms with E-state index in [-0.39, 0.29) is 29.6 Å². The van der Waals surface area contributed by atoms with Gasteiger partial charge in [0, 0.05) is 19.1 Å². The molecule has 0 bridgehead atoms. The Morgan fingerprint density at radius 2 is 2.14 bits per heavy atom. The molecule has 0 aromatic rings. The number of rotatable bonds is 2. The van der Waals surface area contributed by atoms with Crippen molar-refractivity contribution in [2.75, 3.05) is 26.2 Å². The van der Waals surface area contributed by atoms with Gasteiger partial charge in [0.15, 0.2) is 0 Å². The molecule has 3 rings (SSSR count). The zero-order chi connectivity index (χ0) is 15.0. The zero-order valence-electron chi connectivity index (χ0n) is 12.9. The van der Waals surface area contributed by atoms with Crippen LogP contribution in [0.2, 0.25) is 0 Å². The smallest absolute Gasteiger partial charge is 0.318 e. The molecule has 3 amide bonds. The lowest BCUT2D eigenvalue weighted by molar-refractivity contribution is -0.141. The van der Waals surface area contributed by atoms with E-state index in [1.165, 1.54) is 6.42 Å². The lowest BCUT2D eigenvalue weighted by Crippen LogP contribution is -2.60. The molecule has 6 heteroatoms. The maximum atomic E-state index is 12.4. The van der Waals surface area contributed by atoms with Crippen LogP contribution in [-0.2, 0) is 9.53 Å². The molecule has 6 nitrogen and oxygen atoms in total. The molecule has 3 aliphatic rings. The molecular formula is C15H25N3O3. The van der Waals surface area contributed by atoms with Gasteiger partial charge in [-0.1, -0.05) is 0 Å². The Bertz CT molecular complexity index is 434. The number of ether oxygens (including phenoxy) is 1. The zero-order valence-corrected chi connectivity index (χ0v) is 12.9. The van der Waals surface area contributed by atoms with Crippen molar-refractivity contribution in [2.24, 2.45) is 0 Å². The summed E-state index contributed by atoms with van der Waals surface area (Å²) < 4.78 is 5.82. The predicted molar refractivity (Wildman–Crippen MR) is 77.9 cm³/mol. The van der Waals surface area contributed by atoms with Crippen LogP contribution in [0.1, 0.15) is 39.5 Å². The van der Waals surface area contributed by atoms with E-state index in [9.17, 15) is 9.59 Å². The van der Waals surface area contributed by atoms with Gasteiger partial charge in [0.1, 0.15) is 6.04 Å². The topological polar surface area (TPSA) is 61.9 Å². The standard InChI is InChI=1S/C15H25N3O3/c1-11(2)18-7-4-12(13(18)19)16-14(20)17-8-9-21-15(10-17)5-3-6-15/h11-12H,3-10H2,1-2H3,(H,16,20). The summed E-state index contributed by atoms with van der Waals surface area (Å²) in [4.78, 5) is 28.3. The second-order valence-electron chi connectivity index (χ2n) is 6.72. The number of carbonyl (C=O) groups excluding carboxylic acids is 2. The maximum Gasteiger partial charge on any atom is 0.318 e. The van der Waals surface area contributed by atoms with Crippen LogP contribution in [0.3, 0.4) is 0 Å². The van der Waals surface area contributed by atoms with Crippen LogP contribution in [0.5, 0.6) is 0 Å². The Labute approximate surface area is 125 Å². The second-order valence-corrected chi connectivity index (χ2v) is 6.72. The number of nitrogens with one attached hydrogen (secondary N) is 1. The average molecular weight is 295 g/mol. The highest BCUT2D eigenvalue weighted by molar-refractivity contribution is 5.88. The average Bonchev–Trinajstić information content (AvgIpc) is 2.79. The molecule has 2 heterocycles. The lowest BCUT2D eigenvalue weighted by Gasteiger charge is -2.48. The van der Waals surface area contributed by atoms with Crippen molar-refractivity contribution in [3.63, 3.8) is 0 Å².